The van der Waals surface area contributed by atoms with Crippen LogP contribution in [-0.4, -0.2) is 11.4 Å². The lowest BCUT2D eigenvalue weighted by atomic mass is 9.85. The Labute approximate surface area is 250 Å². The summed E-state index contributed by atoms with van der Waals surface area (Å²) in [5.41, 5.74) is 3.59. The highest BCUT2D eigenvalue weighted by Crippen LogP contribution is 2.45. The van der Waals surface area contributed by atoms with Crippen LogP contribution in [0.2, 0.25) is 0 Å². The summed E-state index contributed by atoms with van der Waals surface area (Å²) in [6.07, 6.45) is 1.56. The van der Waals surface area contributed by atoms with Gasteiger partial charge in [-0.05, 0) is 37.1 Å². The number of hydrogen-bond donors (Lipinski definition) is 0. The van der Waals surface area contributed by atoms with Crippen LogP contribution in [0.4, 0.5) is 21.8 Å². The fraction of sp³-hybridized carbons (Fsp3) is 0.0606. The molecule has 2 nitrogen and oxygen atoms in total. The molecule has 2 aliphatic rings. The smallest absolute Gasteiger partial charge is 0.389 e. The van der Waals surface area contributed by atoms with Crippen LogP contribution in [0, 0.1) is 31.3 Å². The third-order valence-corrected chi connectivity index (χ3v) is 10.4. The minimum Gasteiger partial charge on any atom is -0.389 e. The molecule has 0 amide bonds. The zero-order valence-electron chi connectivity index (χ0n) is 22.8. The number of benzene rings is 3. The predicted molar refractivity (Wildman–Crippen MR) is 165 cm³/mol. The van der Waals surface area contributed by atoms with Gasteiger partial charge in [0.1, 0.15) is 22.0 Å². The molecule has 10 heteroatoms. The molecule has 212 valence electrons. The number of allylic oxidation sites excluding steroid dienone is 1. The largest absolute Gasteiger partial charge is 0.738 e. The Balaban J connectivity index is 1.44. The maximum atomic E-state index is 16.9. The van der Waals surface area contributed by atoms with Crippen LogP contribution < -0.4 is 14.4 Å². The van der Waals surface area contributed by atoms with Crippen molar-refractivity contribution in [2.75, 3.05) is 0 Å². The summed E-state index contributed by atoms with van der Waals surface area (Å²) in [6.45, 7) is -0.553. The van der Waals surface area contributed by atoms with E-state index >= 15 is 17.4 Å². The van der Waals surface area contributed by atoms with Crippen LogP contribution >= 0.6 is 22.7 Å². The molecule has 0 spiro atoms. The van der Waals surface area contributed by atoms with Gasteiger partial charge < -0.3 is 17.6 Å². The van der Waals surface area contributed by atoms with Gasteiger partial charge in [0.05, 0.1) is 15.8 Å². The van der Waals surface area contributed by atoms with Gasteiger partial charge in [0, 0.05) is 45.2 Å². The van der Waals surface area contributed by atoms with E-state index in [9.17, 15) is 4.39 Å². The minimum atomic E-state index is -4.50. The van der Waals surface area contributed by atoms with Crippen molar-refractivity contribution in [2.45, 2.75) is 13.8 Å². The monoisotopic (exact) mass is 614 g/mol. The van der Waals surface area contributed by atoms with Gasteiger partial charge >= 0.3 is 6.97 Å². The lowest BCUT2D eigenvalue weighted by molar-refractivity contribution is 0.514. The third kappa shape index (κ3) is 3.86. The molecule has 2 aliphatic heterocycles. The fourth-order valence-electron chi connectivity index (χ4n) is 6.08. The lowest BCUT2D eigenvalue weighted by Crippen LogP contribution is -2.56. The van der Waals surface area contributed by atoms with E-state index in [1.807, 2.05) is 62.4 Å². The van der Waals surface area contributed by atoms with Crippen molar-refractivity contribution in [3.05, 3.63) is 134 Å². The molecule has 43 heavy (non-hydrogen) atoms. The number of nitrogens with zero attached hydrogens (tertiary/aromatic N) is 2. The van der Waals surface area contributed by atoms with Crippen molar-refractivity contribution < 1.29 is 21.8 Å². The second-order valence-corrected chi connectivity index (χ2v) is 13.1. The predicted octanol–water partition coefficient (Wildman–Crippen LogP) is 8.11. The molecular weight excluding hydrogens is 594 g/mol. The number of hydrogen-bond acceptors (Lipinski definition) is 2. The summed E-state index contributed by atoms with van der Waals surface area (Å²) in [5, 5.41) is 0.266. The van der Waals surface area contributed by atoms with Gasteiger partial charge in [-0.1, -0.05) is 59.7 Å². The normalized spacial score (nSPS) is 15.1. The average molecular weight is 614 g/mol. The van der Waals surface area contributed by atoms with E-state index in [0.717, 1.165) is 41.0 Å². The summed E-state index contributed by atoms with van der Waals surface area (Å²) < 4.78 is 81.5. The summed E-state index contributed by atoms with van der Waals surface area (Å²) >= 11 is 2.67. The van der Waals surface area contributed by atoms with Crippen molar-refractivity contribution in [2.24, 2.45) is 0 Å². The molecule has 0 unspecified atom stereocenters. The standard InChI is InChI=1S/C33H20BF5N2S2/c1-17-3-7-19(8-4-17)28-13-24-30(42-28)15-26-33(32-22(36)11-21(35)12-23(32)37)27-16-31-25(41(27)34(38,39)40(24)26)14-29(43-31)20-9-5-18(2)6-10-20/h3-16H,1-2H3. The van der Waals surface area contributed by atoms with E-state index in [1.54, 1.807) is 24.3 Å². The van der Waals surface area contributed by atoms with Crippen molar-refractivity contribution >= 4 is 51.5 Å². The van der Waals surface area contributed by atoms with Crippen LogP contribution in [-0.2, 0) is 0 Å². The summed E-state index contributed by atoms with van der Waals surface area (Å²) in [5.74, 6) is -3.39. The van der Waals surface area contributed by atoms with E-state index < -0.39 is 30.0 Å². The zero-order chi connectivity index (χ0) is 29.8. The molecule has 8 rings (SSSR count). The van der Waals surface area contributed by atoms with E-state index in [-0.39, 0.29) is 27.8 Å². The fourth-order valence-corrected chi connectivity index (χ4v) is 8.27. The van der Waals surface area contributed by atoms with E-state index in [2.05, 4.69) is 0 Å². The molecule has 6 aromatic rings. The molecule has 3 aromatic carbocycles. The Morgan fingerprint density at radius 2 is 1.30 bits per heavy atom. The average Bonchev–Trinajstić information content (AvgIpc) is 3.70. The van der Waals surface area contributed by atoms with Crippen LogP contribution in [0.15, 0.2) is 84.6 Å². The molecule has 0 N–H and O–H groups in total. The first-order valence-corrected chi connectivity index (χ1v) is 15.2. The SMILES string of the molecule is Cc1ccc(-c2cc3c(s2)=CC2=C(c4c(F)cc(F)cc4F)c4cc5sc(-c6ccc(C)cc6)cc5n4[B-](F)(F)[N+]=32)cc1. The number of halogens is 5. The second-order valence-electron chi connectivity index (χ2n) is 11.0. The van der Waals surface area contributed by atoms with Gasteiger partial charge in [0.2, 0.25) is 0 Å². The molecule has 0 bridgehead atoms. The highest BCUT2D eigenvalue weighted by Gasteiger charge is 2.54. The Hall–Kier alpha value is -4.28. The van der Waals surface area contributed by atoms with Crippen LogP contribution in [0.1, 0.15) is 22.4 Å². The lowest BCUT2D eigenvalue weighted by Gasteiger charge is -2.31. The summed E-state index contributed by atoms with van der Waals surface area (Å²) in [4.78, 5) is 1.60. The summed E-state index contributed by atoms with van der Waals surface area (Å²) in [6, 6.07) is 21.7. The maximum Gasteiger partial charge on any atom is 0.738 e. The molecule has 0 radical (unpaired) electrons. The van der Waals surface area contributed by atoms with Crippen molar-refractivity contribution in [1.29, 1.82) is 0 Å². The van der Waals surface area contributed by atoms with Crippen LogP contribution in [0.25, 0.3) is 42.7 Å². The van der Waals surface area contributed by atoms with Crippen molar-refractivity contribution in [1.82, 2.24) is 8.96 Å². The zero-order valence-corrected chi connectivity index (χ0v) is 24.4. The molecule has 5 heterocycles. The number of thiophene rings is 2. The minimum absolute atomic E-state index is 0.0116. The molecule has 3 aromatic heterocycles. The third-order valence-electron chi connectivity index (χ3n) is 8.12. The second kappa shape index (κ2) is 9.11. The van der Waals surface area contributed by atoms with Crippen molar-refractivity contribution in [3.8, 4) is 20.9 Å². The number of rotatable bonds is 3. The molecule has 0 fully saturated rings. The number of fused-ring (bicyclic) bond motifs is 5. The molecular formula is C33H20BF5N2S2. The Morgan fingerprint density at radius 3 is 1.91 bits per heavy atom. The van der Waals surface area contributed by atoms with Crippen LogP contribution in [0.3, 0.4) is 0 Å². The molecule has 0 saturated carbocycles. The topological polar surface area (TPSA) is 7.94 Å². The first-order chi connectivity index (χ1) is 20.6. The van der Waals surface area contributed by atoms with Crippen molar-refractivity contribution in [3.63, 3.8) is 0 Å². The van der Waals surface area contributed by atoms with Gasteiger partial charge in [-0.15, -0.1) is 22.7 Å². The molecule has 0 atom stereocenters. The van der Waals surface area contributed by atoms with Gasteiger partial charge in [-0.3, -0.25) is 0 Å². The summed E-state index contributed by atoms with van der Waals surface area (Å²) in [7, 11) is 0. The highest BCUT2D eigenvalue weighted by molar-refractivity contribution is 7.22. The van der Waals surface area contributed by atoms with E-state index in [0.29, 0.717) is 21.4 Å². The Bertz CT molecular complexity index is 2290. The highest BCUT2D eigenvalue weighted by atomic mass is 32.1. The van der Waals surface area contributed by atoms with Gasteiger partial charge in [0.15, 0.2) is 11.1 Å². The van der Waals surface area contributed by atoms with Gasteiger partial charge in [-0.25, -0.2) is 13.2 Å². The number of aryl methyl sites for hydroxylation is 2. The quantitative estimate of drug-likeness (QED) is 0.141. The first kappa shape index (κ1) is 26.4. The number of aromatic nitrogens is 1. The molecule has 0 aliphatic carbocycles. The van der Waals surface area contributed by atoms with E-state index in [4.69, 9.17) is 0 Å². The van der Waals surface area contributed by atoms with Gasteiger partial charge in [-0.2, -0.15) is 0 Å². The van der Waals surface area contributed by atoms with E-state index in [1.165, 1.54) is 22.7 Å². The maximum absolute atomic E-state index is 16.9. The van der Waals surface area contributed by atoms with Crippen LogP contribution in [0.5, 0.6) is 0 Å². The Morgan fingerprint density at radius 1 is 0.721 bits per heavy atom. The molecule has 0 saturated heterocycles. The van der Waals surface area contributed by atoms with Gasteiger partial charge in [0.25, 0.3) is 0 Å². The first-order valence-electron chi connectivity index (χ1n) is 13.6. The Kier molecular flexibility index (Phi) is 5.59.